The summed E-state index contributed by atoms with van der Waals surface area (Å²) in [4.78, 5) is 4.86. The van der Waals surface area contributed by atoms with E-state index in [0.717, 1.165) is 30.2 Å². The minimum Gasteiger partial charge on any atom is -0.389 e. The summed E-state index contributed by atoms with van der Waals surface area (Å²) >= 11 is 4.99. The van der Waals surface area contributed by atoms with Gasteiger partial charge < -0.3 is 11.2 Å². The van der Waals surface area contributed by atoms with Crippen molar-refractivity contribution < 1.29 is 0 Å². The Hall–Kier alpha value is -1.20. The molecule has 92 valence electrons. The van der Waals surface area contributed by atoms with Crippen molar-refractivity contribution in [3.05, 3.63) is 23.4 Å². The van der Waals surface area contributed by atoms with Crippen LogP contribution in [-0.2, 0) is 0 Å². The van der Waals surface area contributed by atoms with Crippen molar-refractivity contribution in [3.8, 4) is 0 Å². The lowest BCUT2D eigenvalue weighted by Gasteiger charge is -2.27. The van der Waals surface area contributed by atoms with Gasteiger partial charge in [-0.1, -0.05) is 18.6 Å². The highest BCUT2D eigenvalue weighted by molar-refractivity contribution is 7.80. The molecule has 1 saturated heterocycles. The summed E-state index contributed by atoms with van der Waals surface area (Å²) in [7, 11) is 0. The van der Waals surface area contributed by atoms with E-state index in [1.54, 1.807) is 0 Å². The molecular weight excluding hydrogens is 232 g/mol. The summed E-state index contributed by atoms with van der Waals surface area (Å²) in [6.45, 7) is 4.08. The van der Waals surface area contributed by atoms with Gasteiger partial charge in [0.1, 0.15) is 10.8 Å². The number of hydrogen-bond acceptors (Lipinski definition) is 4. The normalized spacial score (nSPS) is 16.8. The summed E-state index contributed by atoms with van der Waals surface area (Å²) in [5, 5.41) is 2.20. The lowest BCUT2D eigenvalue weighted by molar-refractivity contribution is 0.272. The Kier molecular flexibility index (Phi) is 3.91. The number of hydrazine groups is 1. The Bertz CT molecular complexity index is 413. The predicted octanol–water partition coefficient (Wildman–Crippen LogP) is 1.84. The van der Waals surface area contributed by atoms with E-state index in [1.807, 2.05) is 19.1 Å². The number of nitrogens with two attached hydrogens (primary N) is 1. The van der Waals surface area contributed by atoms with E-state index in [9.17, 15) is 0 Å². The van der Waals surface area contributed by atoms with Crippen LogP contribution in [0.2, 0.25) is 0 Å². The summed E-state index contributed by atoms with van der Waals surface area (Å²) in [5.41, 5.74) is 10.8. The Morgan fingerprint density at radius 1 is 1.35 bits per heavy atom. The molecule has 0 radical (unpaired) electrons. The van der Waals surface area contributed by atoms with E-state index in [0.29, 0.717) is 4.99 Å². The molecule has 3 N–H and O–H groups in total. The molecule has 0 bridgehead atoms. The molecule has 1 aromatic heterocycles. The number of thiocarbonyl (C=S) groups is 1. The Labute approximate surface area is 107 Å². The molecule has 0 atom stereocenters. The maximum Gasteiger partial charge on any atom is 0.141 e. The molecule has 0 unspecified atom stereocenters. The molecule has 0 saturated carbocycles. The average Bonchev–Trinajstić information content (AvgIpc) is 2.29. The van der Waals surface area contributed by atoms with Gasteiger partial charge in [0.25, 0.3) is 0 Å². The van der Waals surface area contributed by atoms with Crippen LogP contribution in [-0.4, -0.2) is 28.1 Å². The first-order chi connectivity index (χ1) is 8.15. The maximum atomic E-state index is 5.65. The zero-order valence-electron chi connectivity index (χ0n) is 10.1. The van der Waals surface area contributed by atoms with Crippen molar-refractivity contribution in [3.63, 3.8) is 0 Å². The Balaban J connectivity index is 2.11. The first-order valence-electron chi connectivity index (χ1n) is 5.95. The number of rotatable bonds is 3. The number of aromatic nitrogens is 1. The molecule has 2 rings (SSSR count). The van der Waals surface area contributed by atoms with Gasteiger partial charge in [-0.3, -0.25) is 0 Å². The first-order valence-corrected chi connectivity index (χ1v) is 6.36. The topological polar surface area (TPSA) is 54.2 Å². The molecule has 1 aromatic rings. The van der Waals surface area contributed by atoms with Crippen LogP contribution in [0, 0.1) is 6.92 Å². The molecule has 1 aliphatic rings. The fourth-order valence-corrected chi connectivity index (χ4v) is 2.15. The smallest absolute Gasteiger partial charge is 0.141 e. The van der Waals surface area contributed by atoms with Gasteiger partial charge in [0.2, 0.25) is 0 Å². The third kappa shape index (κ3) is 3.38. The second kappa shape index (κ2) is 5.42. The number of nitrogens with zero attached hydrogens (tertiary/aromatic N) is 2. The van der Waals surface area contributed by atoms with E-state index < -0.39 is 0 Å². The number of hydrogen-bond donors (Lipinski definition) is 2. The van der Waals surface area contributed by atoms with Gasteiger partial charge in [0.05, 0.1) is 0 Å². The molecule has 0 amide bonds. The van der Waals surface area contributed by atoms with Gasteiger partial charge in [-0.05, 0) is 31.9 Å². The quantitative estimate of drug-likeness (QED) is 0.802. The predicted molar refractivity (Wildman–Crippen MR) is 73.9 cm³/mol. The molecule has 1 fully saturated rings. The summed E-state index contributed by atoms with van der Waals surface area (Å²) in [6, 6.07) is 3.81. The third-order valence-electron chi connectivity index (χ3n) is 2.87. The number of anilines is 1. The monoisotopic (exact) mass is 250 g/mol. The Morgan fingerprint density at radius 2 is 2.06 bits per heavy atom. The maximum absolute atomic E-state index is 5.65. The number of nitrogens with one attached hydrogen (secondary N) is 1. The highest BCUT2D eigenvalue weighted by Gasteiger charge is 2.11. The lowest BCUT2D eigenvalue weighted by atomic mass is 10.2. The second-order valence-electron chi connectivity index (χ2n) is 4.41. The Morgan fingerprint density at radius 3 is 2.71 bits per heavy atom. The van der Waals surface area contributed by atoms with E-state index in [2.05, 4.69) is 15.4 Å². The van der Waals surface area contributed by atoms with Crippen molar-refractivity contribution in [1.82, 2.24) is 9.99 Å². The van der Waals surface area contributed by atoms with Crippen LogP contribution in [0.5, 0.6) is 0 Å². The van der Waals surface area contributed by atoms with Crippen LogP contribution >= 0.6 is 12.2 Å². The number of piperidine rings is 1. The fourth-order valence-electron chi connectivity index (χ4n) is 2.04. The van der Waals surface area contributed by atoms with Crippen LogP contribution in [0.4, 0.5) is 5.82 Å². The van der Waals surface area contributed by atoms with Gasteiger partial charge in [-0.2, -0.15) is 0 Å². The second-order valence-corrected chi connectivity index (χ2v) is 4.85. The highest BCUT2D eigenvalue weighted by Crippen LogP contribution is 2.14. The van der Waals surface area contributed by atoms with Gasteiger partial charge in [0, 0.05) is 24.3 Å². The van der Waals surface area contributed by atoms with Crippen molar-refractivity contribution in [1.29, 1.82) is 0 Å². The molecule has 2 heterocycles. The fraction of sp³-hybridized carbons (Fsp3) is 0.500. The van der Waals surface area contributed by atoms with Crippen molar-refractivity contribution in [2.45, 2.75) is 26.2 Å². The van der Waals surface area contributed by atoms with E-state index in [4.69, 9.17) is 18.0 Å². The van der Waals surface area contributed by atoms with Crippen LogP contribution in [0.15, 0.2) is 12.1 Å². The zero-order chi connectivity index (χ0) is 12.3. The minimum absolute atomic E-state index is 0.414. The number of pyridine rings is 1. The molecular formula is C12H18N4S. The van der Waals surface area contributed by atoms with Crippen molar-refractivity contribution in [2.24, 2.45) is 5.73 Å². The van der Waals surface area contributed by atoms with Crippen molar-refractivity contribution in [2.75, 3.05) is 18.5 Å². The molecule has 17 heavy (non-hydrogen) atoms. The number of aryl methyl sites for hydroxylation is 1. The summed E-state index contributed by atoms with van der Waals surface area (Å²) < 4.78 is 0. The molecule has 5 heteroatoms. The third-order valence-corrected chi connectivity index (χ3v) is 3.10. The van der Waals surface area contributed by atoms with Gasteiger partial charge in [-0.25, -0.2) is 9.99 Å². The average molecular weight is 250 g/mol. The van der Waals surface area contributed by atoms with Gasteiger partial charge >= 0.3 is 0 Å². The van der Waals surface area contributed by atoms with Gasteiger partial charge in [-0.15, -0.1) is 0 Å². The highest BCUT2D eigenvalue weighted by atomic mass is 32.1. The summed E-state index contributed by atoms with van der Waals surface area (Å²) in [6.07, 6.45) is 3.79. The van der Waals surface area contributed by atoms with Crippen molar-refractivity contribution >= 4 is 23.0 Å². The summed E-state index contributed by atoms with van der Waals surface area (Å²) in [5.74, 6) is 0.828. The SMILES string of the molecule is Cc1cc(C(N)=S)cc(NN2CCCCC2)n1. The van der Waals surface area contributed by atoms with E-state index >= 15 is 0 Å². The standard InChI is InChI=1S/C12H18N4S/c1-9-7-10(12(13)17)8-11(14-9)15-16-5-3-2-4-6-16/h7-8H,2-6H2,1H3,(H2,13,17)(H,14,15). The molecule has 0 aromatic carbocycles. The van der Waals surface area contributed by atoms with Crippen LogP contribution in [0.1, 0.15) is 30.5 Å². The lowest BCUT2D eigenvalue weighted by Crippen LogP contribution is -2.35. The van der Waals surface area contributed by atoms with Gasteiger partial charge in [0.15, 0.2) is 0 Å². The zero-order valence-corrected chi connectivity index (χ0v) is 10.9. The van der Waals surface area contributed by atoms with E-state index in [1.165, 1.54) is 19.3 Å². The molecule has 0 aliphatic carbocycles. The first kappa shape index (κ1) is 12.3. The molecule has 4 nitrogen and oxygen atoms in total. The van der Waals surface area contributed by atoms with E-state index in [-0.39, 0.29) is 0 Å². The van der Waals surface area contributed by atoms with Crippen LogP contribution in [0.3, 0.4) is 0 Å². The van der Waals surface area contributed by atoms with Crippen LogP contribution < -0.4 is 11.2 Å². The molecule has 1 aliphatic heterocycles. The van der Waals surface area contributed by atoms with Crippen LogP contribution in [0.25, 0.3) is 0 Å². The largest absolute Gasteiger partial charge is 0.389 e. The molecule has 0 spiro atoms. The minimum atomic E-state index is 0.414.